The number of benzene rings is 1. The molecular formula is C20H31N3O2. The maximum atomic E-state index is 11.9. The van der Waals surface area contributed by atoms with E-state index in [-0.39, 0.29) is 0 Å². The molecule has 0 bridgehead atoms. The van der Waals surface area contributed by atoms with E-state index in [1.54, 1.807) is 0 Å². The maximum Gasteiger partial charge on any atom is 0.412 e. The molecule has 0 saturated carbocycles. The molecule has 0 radical (unpaired) electrons. The summed E-state index contributed by atoms with van der Waals surface area (Å²) < 4.78 is 5.32. The zero-order valence-corrected chi connectivity index (χ0v) is 15.7. The molecule has 1 aliphatic heterocycles. The fourth-order valence-electron chi connectivity index (χ4n) is 3.74. The molecule has 1 saturated heterocycles. The van der Waals surface area contributed by atoms with E-state index >= 15 is 0 Å². The van der Waals surface area contributed by atoms with Gasteiger partial charge in [0.2, 0.25) is 0 Å². The largest absolute Gasteiger partial charge is 0.444 e. The van der Waals surface area contributed by atoms with Gasteiger partial charge in [-0.3, -0.25) is 5.32 Å². The number of ether oxygens (including phenoxy) is 1. The molecule has 0 aromatic heterocycles. The molecule has 1 amide bonds. The lowest BCUT2D eigenvalue weighted by Gasteiger charge is -2.25. The minimum Gasteiger partial charge on any atom is -0.444 e. The molecule has 2 atom stereocenters. The number of rotatable bonds is 4. The number of nitrogens with one attached hydrogen (secondary N) is 3. The predicted molar refractivity (Wildman–Crippen MR) is 101 cm³/mol. The number of hydrogen-bond donors (Lipinski definition) is 3. The Hall–Kier alpha value is -1.59. The van der Waals surface area contributed by atoms with E-state index < -0.39 is 11.7 Å². The van der Waals surface area contributed by atoms with Gasteiger partial charge in [0.25, 0.3) is 0 Å². The van der Waals surface area contributed by atoms with Crippen molar-refractivity contribution in [3.63, 3.8) is 0 Å². The molecule has 1 fully saturated rings. The average Bonchev–Trinajstić information content (AvgIpc) is 2.94. The summed E-state index contributed by atoms with van der Waals surface area (Å²) >= 11 is 0. The normalized spacial score (nSPS) is 23.2. The Labute approximate surface area is 150 Å². The van der Waals surface area contributed by atoms with Crippen LogP contribution in [0.5, 0.6) is 0 Å². The van der Waals surface area contributed by atoms with Crippen LogP contribution >= 0.6 is 0 Å². The van der Waals surface area contributed by atoms with Crippen molar-refractivity contribution in [2.24, 2.45) is 5.92 Å². The van der Waals surface area contributed by atoms with Crippen LogP contribution in [-0.4, -0.2) is 31.3 Å². The Morgan fingerprint density at radius 2 is 2.16 bits per heavy atom. The van der Waals surface area contributed by atoms with Gasteiger partial charge >= 0.3 is 6.09 Å². The van der Waals surface area contributed by atoms with Crippen LogP contribution in [0.2, 0.25) is 0 Å². The summed E-state index contributed by atoms with van der Waals surface area (Å²) in [7, 11) is 0. The zero-order chi connectivity index (χ0) is 17.9. The number of fused-ring (bicyclic) bond motifs is 1. The van der Waals surface area contributed by atoms with Crippen LogP contribution in [0.3, 0.4) is 0 Å². The van der Waals surface area contributed by atoms with Crippen molar-refractivity contribution in [3.05, 3.63) is 29.3 Å². The van der Waals surface area contributed by atoms with Crippen molar-refractivity contribution in [2.45, 2.75) is 58.1 Å². The van der Waals surface area contributed by atoms with Crippen molar-refractivity contribution >= 4 is 11.8 Å². The summed E-state index contributed by atoms with van der Waals surface area (Å²) in [5.74, 6) is 0.742. The highest BCUT2D eigenvalue weighted by Crippen LogP contribution is 2.33. The van der Waals surface area contributed by atoms with E-state index in [1.807, 2.05) is 26.8 Å². The van der Waals surface area contributed by atoms with Crippen molar-refractivity contribution in [2.75, 3.05) is 25.0 Å². The van der Waals surface area contributed by atoms with Gasteiger partial charge in [-0.1, -0.05) is 6.07 Å². The Kier molecular flexibility index (Phi) is 5.64. The van der Waals surface area contributed by atoms with E-state index in [0.717, 1.165) is 44.1 Å². The van der Waals surface area contributed by atoms with Gasteiger partial charge in [-0.2, -0.15) is 0 Å². The average molecular weight is 345 g/mol. The van der Waals surface area contributed by atoms with Gasteiger partial charge in [0.1, 0.15) is 5.60 Å². The highest BCUT2D eigenvalue weighted by atomic mass is 16.6. The first-order valence-electron chi connectivity index (χ1n) is 9.47. The molecule has 3 N–H and O–H groups in total. The first-order valence-corrected chi connectivity index (χ1v) is 9.47. The number of piperidine rings is 1. The monoisotopic (exact) mass is 345 g/mol. The lowest BCUT2D eigenvalue weighted by molar-refractivity contribution is 0.0636. The van der Waals surface area contributed by atoms with Gasteiger partial charge in [0.15, 0.2) is 0 Å². The first-order chi connectivity index (χ1) is 11.9. The number of aryl methyl sites for hydroxylation is 1. The van der Waals surface area contributed by atoms with Crippen LogP contribution < -0.4 is 16.0 Å². The second-order valence-corrected chi connectivity index (χ2v) is 8.25. The summed E-state index contributed by atoms with van der Waals surface area (Å²) in [6.07, 6.45) is 4.39. The second kappa shape index (κ2) is 7.75. The Balaban J connectivity index is 1.55. The number of anilines is 1. The Morgan fingerprint density at radius 1 is 1.32 bits per heavy atom. The number of hydrogen-bond acceptors (Lipinski definition) is 4. The quantitative estimate of drug-likeness (QED) is 0.780. The van der Waals surface area contributed by atoms with E-state index in [1.165, 1.54) is 24.0 Å². The molecule has 1 heterocycles. The van der Waals surface area contributed by atoms with Crippen molar-refractivity contribution in [1.29, 1.82) is 0 Å². The lowest BCUT2D eigenvalue weighted by atomic mass is 9.99. The van der Waals surface area contributed by atoms with Crippen LogP contribution in [0.1, 0.15) is 57.2 Å². The van der Waals surface area contributed by atoms with Crippen LogP contribution in [0.25, 0.3) is 0 Å². The first kappa shape index (κ1) is 18.2. The standard InChI is InChI=1S/C20H31N3O2/c1-20(2,3)25-19(24)23-16-7-8-17-15(11-16)6-9-18(17)22-13-14-5-4-10-21-12-14/h7-8,11,14,18,21-22H,4-6,9-10,12-13H2,1-3H3,(H,23,24). The van der Waals surface area contributed by atoms with E-state index in [2.05, 4.69) is 28.1 Å². The number of carbonyl (C=O) groups excluding carboxylic acids is 1. The van der Waals surface area contributed by atoms with Crippen molar-refractivity contribution < 1.29 is 9.53 Å². The highest BCUT2D eigenvalue weighted by molar-refractivity contribution is 5.85. The molecule has 1 aliphatic carbocycles. The summed E-state index contributed by atoms with van der Waals surface area (Å²) in [5.41, 5.74) is 3.03. The fourth-order valence-corrected chi connectivity index (χ4v) is 3.74. The molecular weight excluding hydrogens is 314 g/mol. The smallest absolute Gasteiger partial charge is 0.412 e. The minimum atomic E-state index is -0.482. The van der Waals surface area contributed by atoms with Crippen molar-refractivity contribution in [3.8, 4) is 0 Å². The van der Waals surface area contributed by atoms with Gasteiger partial charge in [-0.25, -0.2) is 4.79 Å². The number of amides is 1. The summed E-state index contributed by atoms with van der Waals surface area (Å²) in [6, 6.07) is 6.65. The lowest BCUT2D eigenvalue weighted by Crippen LogP contribution is -2.36. The summed E-state index contributed by atoms with van der Waals surface area (Å²) in [6.45, 7) is 8.98. The molecule has 138 valence electrons. The van der Waals surface area contributed by atoms with Gasteiger partial charge in [-0.15, -0.1) is 0 Å². The maximum absolute atomic E-state index is 11.9. The van der Waals surface area contributed by atoms with Crippen LogP contribution in [-0.2, 0) is 11.2 Å². The third-order valence-corrected chi connectivity index (χ3v) is 4.92. The van der Waals surface area contributed by atoms with Gasteiger partial charge in [0, 0.05) is 11.7 Å². The SMILES string of the molecule is CC(C)(C)OC(=O)Nc1ccc2c(c1)CCC2NCC1CCCNC1. The number of carbonyl (C=O) groups is 1. The summed E-state index contributed by atoms with van der Waals surface area (Å²) in [5, 5.41) is 10.1. The van der Waals surface area contributed by atoms with E-state index in [9.17, 15) is 4.79 Å². The third kappa shape index (κ3) is 5.19. The molecule has 2 aliphatic rings. The van der Waals surface area contributed by atoms with E-state index in [0.29, 0.717) is 6.04 Å². The van der Waals surface area contributed by atoms with Crippen LogP contribution in [0, 0.1) is 5.92 Å². The molecule has 3 rings (SSSR count). The Morgan fingerprint density at radius 3 is 2.88 bits per heavy atom. The van der Waals surface area contributed by atoms with Crippen molar-refractivity contribution in [1.82, 2.24) is 10.6 Å². The van der Waals surface area contributed by atoms with Gasteiger partial charge in [-0.05, 0) is 95.3 Å². The highest BCUT2D eigenvalue weighted by Gasteiger charge is 2.24. The molecule has 2 unspecified atom stereocenters. The topological polar surface area (TPSA) is 62.4 Å². The van der Waals surface area contributed by atoms with Gasteiger partial charge < -0.3 is 15.4 Å². The fraction of sp³-hybridized carbons (Fsp3) is 0.650. The molecule has 5 heteroatoms. The molecule has 25 heavy (non-hydrogen) atoms. The molecule has 0 spiro atoms. The molecule has 1 aromatic carbocycles. The Bertz CT molecular complexity index is 603. The minimum absolute atomic E-state index is 0.398. The summed E-state index contributed by atoms with van der Waals surface area (Å²) in [4.78, 5) is 11.9. The van der Waals surface area contributed by atoms with Crippen LogP contribution in [0.4, 0.5) is 10.5 Å². The van der Waals surface area contributed by atoms with Crippen LogP contribution in [0.15, 0.2) is 18.2 Å². The van der Waals surface area contributed by atoms with E-state index in [4.69, 9.17) is 4.74 Å². The molecule has 1 aromatic rings. The van der Waals surface area contributed by atoms with Gasteiger partial charge in [0.05, 0.1) is 0 Å². The third-order valence-electron chi connectivity index (χ3n) is 4.92. The zero-order valence-electron chi connectivity index (χ0n) is 15.7. The second-order valence-electron chi connectivity index (χ2n) is 8.25. The predicted octanol–water partition coefficient (Wildman–Crippen LogP) is 3.61. The molecule has 5 nitrogen and oxygen atoms in total.